The molecule has 6 heteroatoms. The maximum Gasteiger partial charge on any atom is 0.260 e. The van der Waals surface area contributed by atoms with Gasteiger partial charge in [0.25, 0.3) is 5.17 Å². The van der Waals surface area contributed by atoms with E-state index in [-0.39, 0.29) is 0 Å². The number of hydrogen-bond donors (Lipinski definition) is 1. The third-order valence-electron chi connectivity index (χ3n) is 2.99. The highest BCUT2D eigenvalue weighted by atomic mass is 32.1. The molecule has 0 saturated carbocycles. The Morgan fingerprint density at radius 3 is 2.68 bits per heavy atom. The van der Waals surface area contributed by atoms with E-state index in [0.717, 1.165) is 22.0 Å². The molecule has 0 radical (unpaired) electrons. The predicted molar refractivity (Wildman–Crippen MR) is 93.6 cm³/mol. The zero-order valence-corrected chi connectivity index (χ0v) is 13.5. The number of fused-ring (bicyclic) bond motifs is 1. The van der Waals surface area contributed by atoms with Gasteiger partial charge in [0.2, 0.25) is 0 Å². The molecule has 3 aromatic rings. The van der Waals surface area contributed by atoms with Gasteiger partial charge in [0, 0.05) is 5.69 Å². The highest BCUT2D eigenvalue weighted by Gasteiger charge is 2.04. The molecule has 3 rings (SSSR count). The molecule has 2 aromatic carbocycles. The summed E-state index contributed by atoms with van der Waals surface area (Å²) >= 11 is 6.59. The van der Waals surface area contributed by atoms with Crippen molar-refractivity contribution in [1.82, 2.24) is 4.98 Å². The van der Waals surface area contributed by atoms with Crippen LogP contribution in [-0.2, 0) is 11.3 Å². The van der Waals surface area contributed by atoms with Gasteiger partial charge in [0.1, 0.15) is 17.4 Å². The van der Waals surface area contributed by atoms with Gasteiger partial charge in [-0.15, -0.1) is 11.3 Å². The van der Waals surface area contributed by atoms with Crippen LogP contribution in [0.25, 0.3) is 10.2 Å². The normalized spacial score (nSPS) is 10.4. The number of benzene rings is 2. The number of thiazole rings is 1. The highest BCUT2D eigenvalue weighted by molar-refractivity contribution is 7.80. The van der Waals surface area contributed by atoms with Crippen LogP contribution in [0.1, 0.15) is 5.01 Å². The second kappa shape index (κ2) is 6.72. The smallest absolute Gasteiger partial charge is 0.260 e. The maximum absolute atomic E-state index is 5.76. The molecule has 0 bridgehead atoms. The summed E-state index contributed by atoms with van der Waals surface area (Å²) < 4.78 is 11.8. The van der Waals surface area contributed by atoms with Gasteiger partial charge in [-0.2, -0.15) is 0 Å². The predicted octanol–water partition coefficient (Wildman–Crippen LogP) is 4.22. The second-order valence-corrected chi connectivity index (χ2v) is 5.99. The van der Waals surface area contributed by atoms with Gasteiger partial charge in [0.05, 0.1) is 17.3 Å². The number of methoxy groups -OCH3 is 1. The van der Waals surface area contributed by atoms with Gasteiger partial charge < -0.3 is 14.8 Å². The molecule has 1 N–H and O–H groups in total. The van der Waals surface area contributed by atoms with Gasteiger partial charge >= 0.3 is 0 Å². The van der Waals surface area contributed by atoms with Crippen LogP contribution in [0.15, 0.2) is 48.5 Å². The van der Waals surface area contributed by atoms with Crippen molar-refractivity contribution in [2.75, 3.05) is 12.4 Å². The molecular formula is C16H14N2O2S2. The van der Waals surface area contributed by atoms with Crippen molar-refractivity contribution in [3.05, 3.63) is 53.5 Å². The number of hydrogen-bond acceptors (Lipinski definition) is 5. The fourth-order valence-electron chi connectivity index (χ4n) is 1.93. The van der Waals surface area contributed by atoms with Crippen LogP contribution in [0.5, 0.6) is 5.75 Å². The minimum absolute atomic E-state index is 0.336. The van der Waals surface area contributed by atoms with Crippen molar-refractivity contribution >= 4 is 44.6 Å². The van der Waals surface area contributed by atoms with Crippen LogP contribution in [0.4, 0.5) is 5.69 Å². The first-order valence-electron chi connectivity index (χ1n) is 6.67. The largest absolute Gasteiger partial charge is 0.486 e. The molecule has 0 aliphatic rings. The van der Waals surface area contributed by atoms with Gasteiger partial charge in [-0.25, -0.2) is 4.98 Å². The summed E-state index contributed by atoms with van der Waals surface area (Å²) in [7, 11) is 1.53. The molecule has 0 spiro atoms. The van der Waals surface area contributed by atoms with Crippen LogP contribution in [0.3, 0.4) is 0 Å². The Morgan fingerprint density at radius 1 is 1.18 bits per heavy atom. The Labute approximate surface area is 137 Å². The van der Waals surface area contributed by atoms with Crippen LogP contribution < -0.4 is 10.1 Å². The Kier molecular flexibility index (Phi) is 4.50. The Balaban J connectivity index is 1.62. The lowest BCUT2D eigenvalue weighted by molar-refractivity contribution is 0.306. The van der Waals surface area contributed by atoms with E-state index >= 15 is 0 Å². The summed E-state index contributed by atoms with van der Waals surface area (Å²) in [6, 6.07) is 15.6. The molecule has 0 amide bonds. The molecule has 22 heavy (non-hydrogen) atoms. The summed E-state index contributed by atoms with van der Waals surface area (Å²) in [6.45, 7) is 0.461. The van der Waals surface area contributed by atoms with E-state index in [4.69, 9.17) is 21.7 Å². The van der Waals surface area contributed by atoms with Crippen molar-refractivity contribution < 1.29 is 9.47 Å². The van der Waals surface area contributed by atoms with Gasteiger partial charge in [0.15, 0.2) is 0 Å². The summed E-state index contributed by atoms with van der Waals surface area (Å²) in [4.78, 5) is 4.54. The summed E-state index contributed by atoms with van der Waals surface area (Å²) in [5.74, 6) is 0.785. The lowest BCUT2D eigenvalue weighted by Crippen LogP contribution is -2.10. The lowest BCUT2D eigenvalue weighted by atomic mass is 10.3. The number of aromatic nitrogens is 1. The van der Waals surface area contributed by atoms with Crippen LogP contribution in [0, 0.1) is 0 Å². The average molecular weight is 330 g/mol. The molecule has 0 saturated heterocycles. The third kappa shape index (κ3) is 3.52. The standard InChI is InChI=1S/C16H14N2O2S2/c1-19-16(21)17-11-6-8-12(9-7-11)20-10-15-18-13-4-2-3-5-14(13)22-15/h2-9H,10H2,1H3,(H,17,21). The minimum atomic E-state index is 0.336. The zero-order chi connectivity index (χ0) is 15.4. The summed E-state index contributed by atoms with van der Waals surface area (Å²) in [5, 5.41) is 4.25. The number of ether oxygens (including phenoxy) is 2. The number of para-hydroxylation sites is 1. The van der Waals surface area contributed by atoms with Crippen molar-refractivity contribution in [3.8, 4) is 5.75 Å². The average Bonchev–Trinajstić information content (AvgIpc) is 2.97. The van der Waals surface area contributed by atoms with E-state index in [1.54, 1.807) is 11.3 Å². The highest BCUT2D eigenvalue weighted by Crippen LogP contribution is 2.23. The zero-order valence-electron chi connectivity index (χ0n) is 11.9. The van der Waals surface area contributed by atoms with Crippen molar-refractivity contribution in [1.29, 1.82) is 0 Å². The van der Waals surface area contributed by atoms with Gasteiger partial charge in [-0.1, -0.05) is 12.1 Å². The van der Waals surface area contributed by atoms with E-state index in [1.165, 1.54) is 11.8 Å². The first-order valence-corrected chi connectivity index (χ1v) is 7.89. The van der Waals surface area contributed by atoms with E-state index in [2.05, 4.69) is 16.4 Å². The topological polar surface area (TPSA) is 43.4 Å². The Bertz CT molecular complexity index is 751. The SMILES string of the molecule is COC(=S)Nc1ccc(OCc2nc3ccccc3s2)cc1. The van der Waals surface area contributed by atoms with E-state index in [9.17, 15) is 0 Å². The minimum Gasteiger partial charge on any atom is -0.486 e. The van der Waals surface area contributed by atoms with E-state index < -0.39 is 0 Å². The van der Waals surface area contributed by atoms with E-state index in [1.807, 2.05) is 42.5 Å². The van der Waals surface area contributed by atoms with Crippen molar-refractivity contribution in [2.45, 2.75) is 6.61 Å². The van der Waals surface area contributed by atoms with Crippen LogP contribution in [-0.4, -0.2) is 17.3 Å². The first kappa shape index (κ1) is 14.7. The first-order chi connectivity index (χ1) is 10.7. The monoisotopic (exact) mass is 330 g/mol. The maximum atomic E-state index is 5.76. The molecule has 4 nitrogen and oxygen atoms in total. The molecule has 112 valence electrons. The third-order valence-corrected chi connectivity index (χ3v) is 4.27. The molecular weight excluding hydrogens is 316 g/mol. The van der Waals surface area contributed by atoms with Gasteiger partial charge in [-0.05, 0) is 48.6 Å². The number of nitrogens with zero attached hydrogens (tertiary/aromatic N) is 1. The number of nitrogens with one attached hydrogen (secondary N) is 1. The van der Waals surface area contributed by atoms with Crippen LogP contribution in [0.2, 0.25) is 0 Å². The Morgan fingerprint density at radius 2 is 1.95 bits per heavy atom. The number of thiocarbonyl (C=S) groups is 1. The fraction of sp³-hybridized carbons (Fsp3) is 0.125. The van der Waals surface area contributed by atoms with Crippen LogP contribution >= 0.6 is 23.6 Å². The molecule has 0 atom stereocenters. The molecule has 0 fully saturated rings. The summed E-state index contributed by atoms with van der Waals surface area (Å²) in [5.41, 5.74) is 1.87. The molecule has 1 aromatic heterocycles. The summed E-state index contributed by atoms with van der Waals surface area (Å²) in [6.07, 6.45) is 0. The second-order valence-electron chi connectivity index (χ2n) is 4.50. The van der Waals surface area contributed by atoms with Crippen molar-refractivity contribution in [2.24, 2.45) is 0 Å². The molecule has 1 heterocycles. The molecule has 0 unspecified atom stereocenters. The fourth-order valence-corrected chi connectivity index (χ4v) is 2.93. The quantitative estimate of drug-likeness (QED) is 0.726. The van der Waals surface area contributed by atoms with E-state index in [0.29, 0.717) is 11.8 Å². The lowest BCUT2D eigenvalue weighted by Gasteiger charge is -2.08. The molecule has 0 aliphatic carbocycles. The Hall–Kier alpha value is -2.18. The van der Waals surface area contributed by atoms with Gasteiger partial charge in [-0.3, -0.25) is 0 Å². The number of anilines is 1. The number of rotatable bonds is 4. The van der Waals surface area contributed by atoms with Crippen molar-refractivity contribution in [3.63, 3.8) is 0 Å². The molecule has 0 aliphatic heterocycles.